The summed E-state index contributed by atoms with van der Waals surface area (Å²) in [6.07, 6.45) is 2.17. The Kier molecular flexibility index (Phi) is 5.59. The highest BCUT2D eigenvalue weighted by atomic mass is 16.6. The maximum absolute atomic E-state index is 13.6. The second-order valence-corrected chi connectivity index (χ2v) is 8.29. The normalized spacial score (nSPS) is 18.9. The van der Waals surface area contributed by atoms with E-state index in [4.69, 9.17) is 14.2 Å². The molecule has 11 heteroatoms. The van der Waals surface area contributed by atoms with Crippen LogP contribution < -0.4 is 19.5 Å². The average molecular weight is 477 g/mol. The minimum Gasteiger partial charge on any atom is -0.493 e. The largest absolute Gasteiger partial charge is 0.493 e. The summed E-state index contributed by atoms with van der Waals surface area (Å²) in [4.78, 5) is 28.8. The smallest absolute Gasteiger partial charge is 0.269 e. The van der Waals surface area contributed by atoms with Crippen molar-refractivity contribution < 1.29 is 23.9 Å². The Balaban J connectivity index is 1.58. The van der Waals surface area contributed by atoms with Crippen molar-refractivity contribution in [2.75, 3.05) is 26.6 Å². The third-order valence-electron chi connectivity index (χ3n) is 6.42. The van der Waals surface area contributed by atoms with Gasteiger partial charge in [0.1, 0.15) is 12.4 Å². The minimum atomic E-state index is -0.614. The third kappa shape index (κ3) is 3.74. The molecular weight excluding hydrogens is 454 g/mol. The van der Waals surface area contributed by atoms with Gasteiger partial charge >= 0.3 is 0 Å². The summed E-state index contributed by atoms with van der Waals surface area (Å²) < 4.78 is 18.0. The Labute approximate surface area is 200 Å². The van der Waals surface area contributed by atoms with Crippen LogP contribution in [0, 0.1) is 10.1 Å². The fraction of sp³-hybridized carbons (Fsp3) is 0.292. The molecule has 1 aromatic heterocycles. The number of nitrogens with one attached hydrogen (secondary N) is 1. The number of carbonyl (C=O) groups excluding carboxylic acids is 1. The summed E-state index contributed by atoms with van der Waals surface area (Å²) in [7, 11) is 4.64. The van der Waals surface area contributed by atoms with Gasteiger partial charge in [0, 0.05) is 29.8 Å². The number of nitro benzene ring substituents is 1. The Bertz CT molecular complexity index is 1340. The summed E-state index contributed by atoms with van der Waals surface area (Å²) >= 11 is 0. The third-order valence-corrected chi connectivity index (χ3v) is 6.42. The number of benzene rings is 2. The molecule has 2 aliphatic rings. The Morgan fingerprint density at radius 1 is 1.06 bits per heavy atom. The predicted molar refractivity (Wildman–Crippen MR) is 125 cm³/mol. The fourth-order valence-corrected chi connectivity index (χ4v) is 4.84. The summed E-state index contributed by atoms with van der Waals surface area (Å²) in [5.41, 5.74) is 2.67. The van der Waals surface area contributed by atoms with Crippen molar-refractivity contribution in [3.8, 4) is 17.2 Å². The summed E-state index contributed by atoms with van der Waals surface area (Å²) in [5, 5.41) is 18.9. The van der Waals surface area contributed by atoms with Crippen LogP contribution in [0.4, 0.5) is 11.6 Å². The second kappa shape index (κ2) is 8.75. The van der Waals surface area contributed by atoms with Crippen LogP contribution in [-0.4, -0.2) is 46.8 Å². The van der Waals surface area contributed by atoms with Crippen LogP contribution in [0.5, 0.6) is 17.2 Å². The molecule has 2 atom stereocenters. The summed E-state index contributed by atoms with van der Waals surface area (Å²) in [6.45, 7) is 0. The molecule has 2 aromatic carbocycles. The van der Waals surface area contributed by atoms with Crippen LogP contribution in [0.15, 0.2) is 54.0 Å². The van der Waals surface area contributed by atoms with Gasteiger partial charge in [0.15, 0.2) is 17.3 Å². The maximum atomic E-state index is 13.6. The quantitative estimate of drug-likeness (QED) is 0.418. The van der Waals surface area contributed by atoms with Crippen LogP contribution in [0.1, 0.15) is 35.9 Å². The van der Waals surface area contributed by atoms with E-state index in [1.54, 1.807) is 31.0 Å². The lowest BCUT2D eigenvalue weighted by Crippen LogP contribution is -2.33. The van der Waals surface area contributed by atoms with Crippen molar-refractivity contribution in [1.82, 2.24) is 14.8 Å². The van der Waals surface area contributed by atoms with Gasteiger partial charge in [-0.25, -0.2) is 4.68 Å². The zero-order valence-corrected chi connectivity index (χ0v) is 19.3. The molecule has 0 amide bonds. The zero-order valence-electron chi connectivity index (χ0n) is 19.3. The summed E-state index contributed by atoms with van der Waals surface area (Å²) in [6, 6.07) is 9.37. The molecular formula is C24H23N5O6. The standard InChI is InChI=1S/C24H23N5O6/c1-33-19-10-15(11-20(34-2)23(19)35-3)14-8-17-21(18(30)9-14)22(28-24(27-17)25-12-26-28)13-5-4-6-16(7-13)29(31)32/h4-7,10-12,14,22H,8-9H2,1-3H3,(H,25,26,27)/t14-,22-/m0/s1. The molecule has 2 heterocycles. The van der Waals surface area contributed by atoms with Gasteiger partial charge in [-0.05, 0) is 35.6 Å². The van der Waals surface area contributed by atoms with E-state index in [2.05, 4.69) is 15.4 Å². The molecule has 3 aromatic rings. The van der Waals surface area contributed by atoms with Crippen molar-refractivity contribution in [2.24, 2.45) is 0 Å². The number of ketones is 1. The van der Waals surface area contributed by atoms with E-state index in [0.717, 1.165) is 11.3 Å². The Hall–Kier alpha value is -4.41. The number of fused-ring (bicyclic) bond motifs is 1. The van der Waals surface area contributed by atoms with Gasteiger partial charge in [0.2, 0.25) is 11.7 Å². The molecule has 0 saturated heterocycles. The Morgan fingerprint density at radius 3 is 2.46 bits per heavy atom. The number of aromatic nitrogens is 3. The summed E-state index contributed by atoms with van der Waals surface area (Å²) in [5.74, 6) is 1.76. The second-order valence-electron chi connectivity index (χ2n) is 8.29. The number of nitrogens with zero attached hydrogens (tertiary/aromatic N) is 4. The number of hydrogen-bond acceptors (Lipinski definition) is 9. The van der Waals surface area contributed by atoms with Crippen molar-refractivity contribution in [3.05, 3.63) is 75.2 Å². The van der Waals surface area contributed by atoms with Crippen molar-refractivity contribution in [2.45, 2.75) is 24.8 Å². The van der Waals surface area contributed by atoms with Gasteiger partial charge in [-0.2, -0.15) is 10.1 Å². The molecule has 1 N–H and O–H groups in total. The van der Waals surface area contributed by atoms with Gasteiger partial charge in [0.25, 0.3) is 5.69 Å². The van der Waals surface area contributed by atoms with Crippen LogP contribution in [0.25, 0.3) is 0 Å². The van der Waals surface area contributed by atoms with Crippen LogP contribution in [-0.2, 0) is 4.79 Å². The molecule has 0 unspecified atom stereocenters. The van der Waals surface area contributed by atoms with Gasteiger partial charge in [-0.15, -0.1) is 0 Å². The number of ether oxygens (including phenoxy) is 3. The lowest BCUT2D eigenvalue weighted by molar-refractivity contribution is -0.384. The van der Waals surface area contributed by atoms with Gasteiger partial charge in [0.05, 0.1) is 26.3 Å². The van der Waals surface area contributed by atoms with Gasteiger partial charge in [-0.1, -0.05) is 12.1 Å². The number of allylic oxidation sites excluding steroid dienone is 2. The highest BCUT2D eigenvalue weighted by Gasteiger charge is 2.40. The number of Topliss-reactive ketones (excluding diaryl/α,β-unsaturated/α-hetero) is 1. The fourth-order valence-electron chi connectivity index (χ4n) is 4.84. The number of rotatable bonds is 6. The van der Waals surface area contributed by atoms with E-state index in [9.17, 15) is 14.9 Å². The molecule has 0 bridgehead atoms. The number of nitro groups is 1. The Morgan fingerprint density at radius 2 is 1.80 bits per heavy atom. The number of hydrogen-bond donors (Lipinski definition) is 1. The maximum Gasteiger partial charge on any atom is 0.269 e. The molecule has 0 spiro atoms. The van der Waals surface area contributed by atoms with E-state index in [1.165, 1.54) is 25.6 Å². The van der Waals surface area contributed by atoms with Crippen molar-refractivity contribution >= 4 is 17.4 Å². The monoisotopic (exact) mass is 477 g/mol. The first kappa shape index (κ1) is 22.4. The van der Waals surface area contributed by atoms with Gasteiger partial charge < -0.3 is 19.5 Å². The molecule has 1 aliphatic carbocycles. The molecule has 11 nitrogen and oxygen atoms in total. The first-order valence-corrected chi connectivity index (χ1v) is 10.9. The highest BCUT2D eigenvalue weighted by molar-refractivity contribution is 6.00. The first-order valence-electron chi connectivity index (χ1n) is 10.9. The molecule has 1 aliphatic heterocycles. The number of non-ortho nitro benzene ring substituents is 1. The SMILES string of the molecule is COc1cc([C@@H]2CC(=O)C3=C(C2)Nc2ncnn2[C@H]3c2cccc([N+](=O)[O-])c2)cc(OC)c1OC. The van der Waals surface area contributed by atoms with E-state index >= 15 is 0 Å². The van der Waals surface area contributed by atoms with E-state index in [1.807, 2.05) is 12.1 Å². The van der Waals surface area contributed by atoms with Crippen LogP contribution in [0.3, 0.4) is 0 Å². The lowest BCUT2D eigenvalue weighted by atomic mass is 9.77. The molecule has 0 fully saturated rings. The van der Waals surface area contributed by atoms with E-state index in [-0.39, 0.29) is 23.8 Å². The van der Waals surface area contributed by atoms with Crippen molar-refractivity contribution in [3.63, 3.8) is 0 Å². The lowest BCUT2D eigenvalue weighted by Gasteiger charge is -2.35. The molecule has 0 saturated carbocycles. The molecule has 180 valence electrons. The van der Waals surface area contributed by atoms with Crippen LogP contribution in [0.2, 0.25) is 0 Å². The molecule has 0 radical (unpaired) electrons. The minimum absolute atomic E-state index is 0.0524. The molecule has 5 rings (SSSR count). The molecule has 35 heavy (non-hydrogen) atoms. The van der Waals surface area contributed by atoms with E-state index in [0.29, 0.717) is 40.8 Å². The number of carbonyl (C=O) groups is 1. The van der Waals surface area contributed by atoms with Crippen LogP contribution >= 0.6 is 0 Å². The zero-order chi connectivity index (χ0) is 24.7. The predicted octanol–water partition coefficient (Wildman–Crippen LogP) is 3.63. The van der Waals surface area contributed by atoms with Gasteiger partial charge in [-0.3, -0.25) is 14.9 Å². The topological polar surface area (TPSA) is 131 Å². The van der Waals surface area contributed by atoms with E-state index < -0.39 is 11.0 Å². The average Bonchev–Trinajstić information content (AvgIpc) is 3.34. The number of methoxy groups -OCH3 is 3. The number of anilines is 1. The van der Waals surface area contributed by atoms with Crippen molar-refractivity contribution in [1.29, 1.82) is 0 Å². The first-order chi connectivity index (χ1) is 16.9. The highest BCUT2D eigenvalue weighted by Crippen LogP contribution is 2.47.